The van der Waals surface area contributed by atoms with E-state index in [1.807, 2.05) is 0 Å². The van der Waals surface area contributed by atoms with Crippen LogP contribution in [0.2, 0.25) is 0 Å². The molecule has 0 amide bonds. The van der Waals surface area contributed by atoms with Crippen LogP contribution in [-0.2, 0) is 0 Å². The Balaban J connectivity index is 3.99. The second-order valence-corrected chi connectivity index (χ2v) is 7.78. The number of hydrogen-bond donors (Lipinski definition) is 4. The van der Waals surface area contributed by atoms with Gasteiger partial charge in [-0.05, 0) is 62.1 Å². The monoisotopic (exact) mass is 286 g/mol. The fourth-order valence-corrected chi connectivity index (χ4v) is 2.60. The van der Waals surface area contributed by atoms with Crippen LogP contribution < -0.4 is 22.5 Å². The van der Waals surface area contributed by atoms with Crippen molar-refractivity contribution in [2.24, 2.45) is 33.9 Å². The van der Waals surface area contributed by atoms with Crippen molar-refractivity contribution in [3.05, 3.63) is 0 Å². The molecule has 0 aliphatic carbocycles. The van der Waals surface area contributed by atoms with Gasteiger partial charge in [-0.3, -0.25) is 0 Å². The molecular formula is C16H38N4. The first kappa shape index (κ1) is 19.8. The molecule has 0 aliphatic rings. The van der Waals surface area contributed by atoms with Crippen LogP contribution in [0, 0.1) is 16.7 Å². The zero-order valence-electron chi connectivity index (χ0n) is 14.3. The Hall–Kier alpha value is -0.160. The topological polar surface area (TPSA) is 90.1 Å². The van der Waals surface area contributed by atoms with Gasteiger partial charge < -0.3 is 22.5 Å². The smallest absolute Gasteiger partial charge is 0.0598 e. The van der Waals surface area contributed by atoms with E-state index in [-0.39, 0.29) is 17.0 Å². The number of nitrogens with two attached hydrogens (primary N) is 3. The molecule has 0 saturated heterocycles. The normalized spacial score (nSPS) is 16.2. The van der Waals surface area contributed by atoms with Gasteiger partial charge in [-0.1, -0.05) is 34.6 Å². The van der Waals surface area contributed by atoms with E-state index in [4.69, 9.17) is 17.2 Å². The van der Waals surface area contributed by atoms with Crippen LogP contribution in [0.3, 0.4) is 0 Å². The highest BCUT2D eigenvalue weighted by molar-refractivity contribution is 4.80. The molecular weight excluding hydrogens is 248 g/mol. The molecule has 7 N–H and O–H groups in total. The highest BCUT2D eigenvalue weighted by Gasteiger charge is 2.25. The highest BCUT2D eigenvalue weighted by atomic mass is 15.0. The summed E-state index contributed by atoms with van der Waals surface area (Å²) in [6, 6.07) is 0. The summed E-state index contributed by atoms with van der Waals surface area (Å²) in [6.45, 7) is 13.6. The van der Waals surface area contributed by atoms with E-state index in [2.05, 4.69) is 39.9 Å². The lowest BCUT2D eigenvalue weighted by Crippen LogP contribution is -2.49. The lowest BCUT2D eigenvalue weighted by atomic mass is 9.82. The Labute approximate surface area is 126 Å². The summed E-state index contributed by atoms with van der Waals surface area (Å²) in [5, 5.41) is 3.47. The molecule has 4 heteroatoms. The van der Waals surface area contributed by atoms with Crippen molar-refractivity contribution < 1.29 is 0 Å². The molecule has 0 aromatic carbocycles. The lowest BCUT2D eigenvalue weighted by molar-refractivity contribution is 0.214. The van der Waals surface area contributed by atoms with Gasteiger partial charge >= 0.3 is 0 Å². The van der Waals surface area contributed by atoms with Crippen molar-refractivity contribution in [3.8, 4) is 0 Å². The number of hydrogen-bond acceptors (Lipinski definition) is 4. The van der Waals surface area contributed by atoms with Crippen molar-refractivity contribution in [2.75, 3.05) is 19.6 Å². The summed E-state index contributed by atoms with van der Waals surface area (Å²) >= 11 is 0. The Morgan fingerprint density at radius 1 is 1.10 bits per heavy atom. The molecule has 0 bridgehead atoms. The van der Waals surface area contributed by atoms with Gasteiger partial charge in [-0.15, -0.1) is 0 Å². The van der Waals surface area contributed by atoms with Crippen molar-refractivity contribution in [1.82, 2.24) is 5.32 Å². The van der Waals surface area contributed by atoms with Crippen LogP contribution in [0.15, 0.2) is 0 Å². The third-order valence-electron chi connectivity index (χ3n) is 4.32. The molecule has 4 nitrogen and oxygen atoms in total. The summed E-state index contributed by atoms with van der Waals surface area (Å²) in [6.07, 6.45) is 4.43. The van der Waals surface area contributed by atoms with Crippen LogP contribution in [0.25, 0.3) is 0 Å². The summed E-state index contributed by atoms with van der Waals surface area (Å²) in [4.78, 5) is 0. The van der Waals surface area contributed by atoms with E-state index in [0.29, 0.717) is 5.92 Å². The van der Waals surface area contributed by atoms with Crippen LogP contribution in [-0.4, -0.2) is 25.8 Å². The molecule has 20 heavy (non-hydrogen) atoms. The second-order valence-electron chi connectivity index (χ2n) is 7.78. The average molecular weight is 287 g/mol. The van der Waals surface area contributed by atoms with Crippen molar-refractivity contribution in [1.29, 1.82) is 0 Å². The Morgan fingerprint density at radius 2 is 1.70 bits per heavy atom. The van der Waals surface area contributed by atoms with Gasteiger partial charge in [0.15, 0.2) is 0 Å². The molecule has 0 aromatic heterocycles. The Morgan fingerprint density at radius 3 is 2.20 bits per heavy atom. The second kappa shape index (κ2) is 8.98. The van der Waals surface area contributed by atoms with Gasteiger partial charge in [0.05, 0.1) is 6.17 Å². The van der Waals surface area contributed by atoms with E-state index in [1.54, 1.807) is 0 Å². The first-order chi connectivity index (χ1) is 9.14. The van der Waals surface area contributed by atoms with E-state index < -0.39 is 0 Å². The third kappa shape index (κ3) is 8.20. The SMILES string of the molecule is CC(CCNC(N)C(C)(C)CCCN)CC(C)(C)CN. The van der Waals surface area contributed by atoms with Crippen molar-refractivity contribution in [2.45, 2.75) is 66.5 Å². The van der Waals surface area contributed by atoms with Gasteiger partial charge in [-0.2, -0.15) is 0 Å². The van der Waals surface area contributed by atoms with E-state index >= 15 is 0 Å². The molecule has 0 radical (unpaired) electrons. The average Bonchev–Trinajstić information content (AvgIpc) is 2.35. The minimum Gasteiger partial charge on any atom is -0.330 e. The molecule has 0 saturated carbocycles. The van der Waals surface area contributed by atoms with Crippen molar-refractivity contribution >= 4 is 0 Å². The molecule has 0 spiro atoms. The summed E-state index contributed by atoms with van der Waals surface area (Å²) in [5.74, 6) is 0.667. The first-order valence-corrected chi connectivity index (χ1v) is 8.04. The largest absolute Gasteiger partial charge is 0.330 e. The number of nitrogens with one attached hydrogen (secondary N) is 1. The molecule has 2 unspecified atom stereocenters. The first-order valence-electron chi connectivity index (χ1n) is 8.04. The quantitative estimate of drug-likeness (QED) is 0.437. The van der Waals surface area contributed by atoms with Crippen LogP contribution >= 0.6 is 0 Å². The minimum atomic E-state index is 0.0313. The standard InChI is InChI=1S/C16H38N4/c1-13(11-15(2,3)12-18)7-10-20-14(19)16(4,5)8-6-9-17/h13-14,20H,6-12,17-19H2,1-5H3. The van der Waals surface area contributed by atoms with Crippen LogP contribution in [0.4, 0.5) is 0 Å². The van der Waals surface area contributed by atoms with Crippen molar-refractivity contribution in [3.63, 3.8) is 0 Å². The maximum atomic E-state index is 6.26. The predicted molar refractivity (Wildman–Crippen MR) is 89.3 cm³/mol. The fourth-order valence-electron chi connectivity index (χ4n) is 2.60. The summed E-state index contributed by atoms with van der Waals surface area (Å²) in [7, 11) is 0. The minimum absolute atomic E-state index is 0.0313. The zero-order chi connectivity index (χ0) is 15.8. The summed E-state index contributed by atoms with van der Waals surface area (Å²) in [5.41, 5.74) is 18.0. The van der Waals surface area contributed by atoms with Gasteiger partial charge in [0.2, 0.25) is 0 Å². The van der Waals surface area contributed by atoms with Crippen LogP contribution in [0.1, 0.15) is 60.3 Å². The predicted octanol–water partition coefficient (Wildman–Crippen LogP) is 2.03. The maximum absolute atomic E-state index is 6.26. The zero-order valence-corrected chi connectivity index (χ0v) is 14.3. The van der Waals surface area contributed by atoms with E-state index in [0.717, 1.165) is 45.3 Å². The maximum Gasteiger partial charge on any atom is 0.0598 e. The molecule has 0 fully saturated rings. The molecule has 2 atom stereocenters. The molecule has 0 aromatic rings. The lowest BCUT2D eigenvalue weighted by Gasteiger charge is -2.33. The Bertz CT molecular complexity index is 251. The van der Waals surface area contributed by atoms with E-state index in [1.165, 1.54) is 0 Å². The van der Waals surface area contributed by atoms with Gasteiger partial charge in [0, 0.05) is 0 Å². The summed E-state index contributed by atoms with van der Waals surface area (Å²) < 4.78 is 0. The van der Waals surface area contributed by atoms with Crippen LogP contribution in [0.5, 0.6) is 0 Å². The third-order valence-corrected chi connectivity index (χ3v) is 4.32. The molecule has 0 heterocycles. The molecule has 0 aliphatic heterocycles. The fraction of sp³-hybridized carbons (Fsp3) is 1.00. The molecule has 122 valence electrons. The van der Waals surface area contributed by atoms with Gasteiger partial charge in [0.25, 0.3) is 0 Å². The van der Waals surface area contributed by atoms with Gasteiger partial charge in [0.1, 0.15) is 0 Å². The Kier molecular flexibility index (Phi) is 8.91. The highest BCUT2D eigenvalue weighted by Crippen LogP contribution is 2.26. The van der Waals surface area contributed by atoms with E-state index in [9.17, 15) is 0 Å². The molecule has 0 rings (SSSR count). The number of rotatable bonds is 11. The van der Waals surface area contributed by atoms with Gasteiger partial charge in [-0.25, -0.2) is 0 Å².